The van der Waals surface area contributed by atoms with E-state index >= 15 is 0 Å². The lowest BCUT2D eigenvalue weighted by molar-refractivity contribution is -0.0140. The van der Waals surface area contributed by atoms with Crippen LogP contribution >= 0.6 is 0 Å². The van der Waals surface area contributed by atoms with E-state index < -0.39 is 0 Å². The largest absolute Gasteiger partial charge is 0.378 e. The molecule has 2 aliphatic heterocycles. The number of unbranched alkanes of at least 4 members (excludes halogenated alkanes) is 5. The molecule has 0 spiro atoms. The van der Waals surface area contributed by atoms with Crippen LogP contribution in [-0.4, -0.2) is 48.6 Å². The van der Waals surface area contributed by atoms with Crippen LogP contribution in [0.3, 0.4) is 0 Å². The van der Waals surface area contributed by atoms with Gasteiger partial charge in [0, 0.05) is 36.4 Å². The monoisotopic (exact) mass is 452 g/mol. The molecular formula is C28H56N2O2. The minimum absolute atomic E-state index is 0.194. The molecule has 0 aromatic carbocycles. The van der Waals surface area contributed by atoms with Crippen molar-refractivity contribution in [3.63, 3.8) is 0 Å². The Morgan fingerprint density at radius 2 is 0.969 bits per heavy atom. The predicted molar refractivity (Wildman–Crippen MR) is 137 cm³/mol. The number of hydrogen-bond acceptors (Lipinski definition) is 4. The summed E-state index contributed by atoms with van der Waals surface area (Å²) in [4.78, 5) is 0. The summed E-state index contributed by atoms with van der Waals surface area (Å²) in [7, 11) is 0. The predicted octanol–water partition coefficient (Wildman–Crippen LogP) is 6.47. The maximum atomic E-state index is 6.29. The fraction of sp³-hybridized carbons (Fsp3) is 1.00. The minimum Gasteiger partial charge on any atom is -0.378 e. The van der Waals surface area contributed by atoms with Gasteiger partial charge in [-0.15, -0.1) is 0 Å². The van der Waals surface area contributed by atoms with Crippen LogP contribution in [0, 0.1) is 11.8 Å². The fourth-order valence-corrected chi connectivity index (χ4v) is 5.65. The summed E-state index contributed by atoms with van der Waals surface area (Å²) in [6.07, 6.45) is 13.1. The number of hydrogen-bond donors (Lipinski definition) is 2. The lowest BCUT2D eigenvalue weighted by Gasteiger charge is -2.43. The maximum absolute atomic E-state index is 6.29. The lowest BCUT2D eigenvalue weighted by Crippen LogP contribution is -2.56. The van der Waals surface area contributed by atoms with Gasteiger partial charge in [-0.2, -0.15) is 0 Å². The molecule has 0 amide bonds. The molecule has 0 aliphatic carbocycles. The van der Waals surface area contributed by atoms with Crippen molar-refractivity contribution in [1.82, 2.24) is 10.6 Å². The van der Waals surface area contributed by atoms with E-state index in [1.807, 2.05) is 0 Å². The Balaban J connectivity index is 1.48. The zero-order valence-corrected chi connectivity index (χ0v) is 22.8. The molecule has 4 unspecified atom stereocenters. The van der Waals surface area contributed by atoms with Crippen LogP contribution in [-0.2, 0) is 9.47 Å². The molecule has 0 aromatic heterocycles. The Bertz CT molecular complexity index is 472. The highest BCUT2D eigenvalue weighted by Crippen LogP contribution is 2.29. The summed E-state index contributed by atoms with van der Waals surface area (Å²) in [6.45, 7) is 20.4. The van der Waals surface area contributed by atoms with Gasteiger partial charge in [0.2, 0.25) is 0 Å². The number of rotatable bonds is 13. The summed E-state index contributed by atoms with van der Waals surface area (Å²) < 4.78 is 12.6. The molecule has 4 nitrogen and oxygen atoms in total. The van der Waals surface area contributed by atoms with Crippen molar-refractivity contribution >= 4 is 0 Å². The number of piperidine rings is 2. The van der Waals surface area contributed by atoms with Crippen molar-refractivity contribution in [2.24, 2.45) is 11.8 Å². The average molecular weight is 453 g/mol. The van der Waals surface area contributed by atoms with Gasteiger partial charge in [0.1, 0.15) is 0 Å². The second kappa shape index (κ2) is 13.1. The second-order valence-corrected chi connectivity index (χ2v) is 12.7. The first kappa shape index (κ1) is 28.1. The van der Waals surface area contributed by atoms with Crippen molar-refractivity contribution in [2.75, 3.05) is 13.2 Å². The van der Waals surface area contributed by atoms with Gasteiger partial charge >= 0.3 is 0 Å². The van der Waals surface area contributed by atoms with Crippen LogP contribution in [0.2, 0.25) is 0 Å². The first-order valence-corrected chi connectivity index (χ1v) is 13.8. The van der Waals surface area contributed by atoms with E-state index in [1.54, 1.807) is 0 Å². The quantitative estimate of drug-likeness (QED) is 0.314. The molecule has 2 aliphatic rings. The molecule has 0 radical (unpaired) electrons. The molecule has 2 N–H and O–H groups in total. The van der Waals surface area contributed by atoms with Crippen LogP contribution in [0.4, 0.5) is 0 Å². The van der Waals surface area contributed by atoms with Gasteiger partial charge in [0.25, 0.3) is 0 Å². The Kier molecular flexibility index (Phi) is 11.5. The van der Waals surface area contributed by atoms with E-state index in [0.29, 0.717) is 36.1 Å². The zero-order valence-electron chi connectivity index (χ0n) is 22.8. The van der Waals surface area contributed by atoms with Gasteiger partial charge in [-0.1, -0.05) is 53.4 Å². The highest BCUT2D eigenvalue weighted by molar-refractivity contribution is 4.94. The molecular weight excluding hydrogens is 396 g/mol. The van der Waals surface area contributed by atoms with Crippen molar-refractivity contribution in [3.8, 4) is 0 Å². The average Bonchev–Trinajstić information content (AvgIpc) is 2.67. The van der Waals surface area contributed by atoms with E-state index in [0.717, 1.165) is 38.9 Å². The van der Waals surface area contributed by atoms with E-state index in [1.165, 1.54) is 38.5 Å². The topological polar surface area (TPSA) is 42.5 Å². The molecule has 4 heteroatoms. The normalized spacial score (nSPS) is 30.2. The summed E-state index contributed by atoms with van der Waals surface area (Å²) in [5.41, 5.74) is 0.388. The summed E-state index contributed by atoms with van der Waals surface area (Å²) in [5, 5.41) is 7.59. The maximum Gasteiger partial charge on any atom is 0.0607 e. The first-order chi connectivity index (χ1) is 15.0. The third-order valence-electron chi connectivity index (χ3n) is 7.52. The minimum atomic E-state index is 0.194. The fourth-order valence-electron chi connectivity index (χ4n) is 5.65. The molecule has 2 fully saturated rings. The SMILES string of the molecule is CC(C)C1CC(OCCCCCCCCOC2CC(C(C)C)NC(C)(C)C2)CC(C)(C)N1. The second-order valence-electron chi connectivity index (χ2n) is 12.7. The van der Waals surface area contributed by atoms with Crippen LogP contribution in [0.5, 0.6) is 0 Å². The van der Waals surface area contributed by atoms with Crippen molar-refractivity contribution < 1.29 is 9.47 Å². The summed E-state index contributed by atoms with van der Waals surface area (Å²) in [6, 6.07) is 1.16. The van der Waals surface area contributed by atoms with Gasteiger partial charge < -0.3 is 20.1 Å². The number of ether oxygens (including phenoxy) is 2. The highest BCUT2D eigenvalue weighted by Gasteiger charge is 2.35. The molecule has 2 heterocycles. The standard InChI is InChI=1S/C28H56N2O2/c1-21(2)25-17-23(19-27(5,6)29-25)31-15-13-11-9-10-12-14-16-32-24-18-26(22(3)4)30-28(7,8)20-24/h21-26,29-30H,9-20H2,1-8H3. The van der Waals surface area contributed by atoms with E-state index in [9.17, 15) is 0 Å². The summed E-state index contributed by atoms with van der Waals surface area (Å²) >= 11 is 0. The van der Waals surface area contributed by atoms with Crippen molar-refractivity contribution in [3.05, 3.63) is 0 Å². The Hall–Kier alpha value is -0.160. The Morgan fingerprint density at radius 3 is 1.31 bits per heavy atom. The van der Waals surface area contributed by atoms with Gasteiger partial charge in [0.15, 0.2) is 0 Å². The van der Waals surface area contributed by atoms with Gasteiger partial charge in [0.05, 0.1) is 12.2 Å². The Labute approximate surface area is 200 Å². The summed E-state index contributed by atoms with van der Waals surface area (Å²) in [5.74, 6) is 1.34. The van der Waals surface area contributed by atoms with E-state index in [2.05, 4.69) is 66.0 Å². The number of nitrogens with one attached hydrogen (secondary N) is 2. The Morgan fingerprint density at radius 1 is 0.625 bits per heavy atom. The van der Waals surface area contributed by atoms with Crippen molar-refractivity contribution in [1.29, 1.82) is 0 Å². The molecule has 0 aromatic rings. The molecule has 32 heavy (non-hydrogen) atoms. The van der Waals surface area contributed by atoms with Crippen LogP contribution in [0.1, 0.15) is 120 Å². The van der Waals surface area contributed by atoms with Crippen LogP contribution < -0.4 is 10.6 Å². The van der Waals surface area contributed by atoms with Crippen LogP contribution in [0.15, 0.2) is 0 Å². The molecule has 4 atom stereocenters. The molecule has 2 rings (SSSR count). The highest BCUT2D eigenvalue weighted by atomic mass is 16.5. The van der Waals surface area contributed by atoms with Crippen molar-refractivity contribution in [2.45, 2.75) is 155 Å². The molecule has 190 valence electrons. The lowest BCUT2D eigenvalue weighted by atomic mass is 9.83. The van der Waals surface area contributed by atoms with Gasteiger partial charge in [-0.3, -0.25) is 0 Å². The first-order valence-electron chi connectivity index (χ1n) is 13.8. The third kappa shape index (κ3) is 10.4. The zero-order chi connectivity index (χ0) is 23.8. The van der Waals surface area contributed by atoms with E-state index in [-0.39, 0.29) is 11.1 Å². The van der Waals surface area contributed by atoms with Crippen LogP contribution in [0.25, 0.3) is 0 Å². The van der Waals surface area contributed by atoms with Gasteiger partial charge in [-0.05, 0) is 78.1 Å². The third-order valence-corrected chi connectivity index (χ3v) is 7.52. The smallest absolute Gasteiger partial charge is 0.0607 e. The van der Waals surface area contributed by atoms with E-state index in [4.69, 9.17) is 9.47 Å². The molecule has 0 saturated carbocycles. The van der Waals surface area contributed by atoms with Gasteiger partial charge in [-0.25, -0.2) is 0 Å². The molecule has 2 saturated heterocycles. The molecule has 0 bridgehead atoms.